The monoisotopic (exact) mass is 197 g/mol. The van der Waals surface area contributed by atoms with Crippen LogP contribution >= 0.6 is 0 Å². The van der Waals surface area contributed by atoms with E-state index in [4.69, 9.17) is 0 Å². The Balaban J connectivity index is 2.71. The first-order valence-electron chi connectivity index (χ1n) is 6.30. The SMILES string of the molecule is CCC1C(C(C)(C)CC)CCN1CC. The van der Waals surface area contributed by atoms with Crippen molar-refractivity contribution in [2.45, 2.75) is 59.9 Å². The van der Waals surface area contributed by atoms with Gasteiger partial charge in [0.05, 0.1) is 0 Å². The zero-order valence-electron chi connectivity index (χ0n) is 10.6. The van der Waals surface area contributed by atoms with Gasteiger partial charge < -0.3 is 4.90 Å². The lowest BCUT2D eigenvalue weighted by Gasteiger charge is -2.36. The Kier molecular flexibility index (Phi) is 4.00. The number of hydrogen-bond acceptors (Lipinski definition) is 1. The molecule has 0 aromatic heterocycles. The normalized spacial score (nSPS) is 29.8. The molecule has 1 aliphatic heterocycles. The first-order chi connectivity index (χ1) is 6.56. The minimum atomic E-state index is 0.532. The van der Waals surface area contributed by atoms with Gasteiger partial charge in [-0.25, -0.2) is 0 Å². The Morgan fingerprint density at radius 2 is 1.86 bits per heavy atom. The highest BCUT2D eigenvalue weighted by Gasteiger charge is 2.40. The van der Waals surface area contributed by atoms with Gasteiger partial charge in [-0.1, -0.05) is 41.0 Å². The molecule has 0 aromatic rings. The van der Waals surface area contributed by atoms with E-state index < -0.39 is 0 Å². The van der Waals surface area contributed by atoms with Crippen LogP contribution in [0.1, 0.15) is 53.9 Å². The molecule has 2 unspecified atom stereocenters. The quantitative estimate of drug-likeness (QED) is 0.666. The molecular formula is C13H27N. The first-order valence-corrected chi connectivity index (χ1v) is 6.30. The van der Waals surface area contributed by atoms with Crippen molar-refractivity contribution in [3.63, 3.8) is 0 Å². The van der Waals surface area contributed by atoms with Crippen LogP contribution < -0.4 is 0 Å². The van der Waals surface area contributed by atoms with E-state index in [1.807, 2.05) is 0 Å². The van der Waals surface area contributed by atoms with E-state index in [1.54, 1.807) is 0 Å². The molecule has 1 heteroatoms. The number of rotatable bonds is 4. The van der Waals surface area contributed by atoms with Crippen molar-refractivity contribution < 1.29 is 0 Å². The number of nitrogens with zero attached hydrogens (tertiary/aromatic N) is 1. The summed E-state index contributed by atoms with van der Waals surface area (Å²) < 4.78 is 0. The van der Waals surface area contributed by atoms with Gasteiger partial charge in [0.2, 0.25) is 0 Å². The molecule has 0 radical (unpaired) electrons. The van der Waals surface area contributed by atoms with Crippen LogP contribution in [0.4, 0.5) is 0 Å². The Morgan fingerprint density at radius 3 is 2.29 bits per heavy atom. The largest absolute Gasteiger partial charge is 0.300 e. The lowest BCUT2D eigenvalue weighted by molar-refractivity contribution is 0.133. The minimum Gasteiger partial charge on any atom is -0.300 e. The summed E-state index contributed by atoms with van der Waals surface area (Å²) in [6.45, 7) is 14.4. The second-order valence-electron chi connectivity index (χ2n) is 5.34. The molecule has 14 heavy (non-hydrogen) atoms. The molecule has 1 rings (SSSR count). The van der Waals surface area contributed by atoms with Crippen molar-refractivity contribution >= 4 is 0 Å². The Bertz CT molecular complexity index is 174. The van der Waals surface area contributed by atoms with E-state index >= 15 is 0 Å². The minimum absolute atomic E-state index is 0.532. The lowest BCUT2D eigenvalue weighted by atomic mass is 9.72. The fourth-order valence-corrected chi connectivity index (χ4v) is 3.03. The maximum atomic E-state index is 2.67. The van der Waals surface area contributed by atoms with Gasteiger partial charge >= 0.3 is 0 Å². The van der Waals surface area contributed by atoms with E-state index in [0.29, 0.717) is 5.41 Å². The lowest BCUT2D eigenvalue weighted by Crippen LogP contribution is -2.37. The van der Waals surface area contributed by atoms with Crippen LogP contribution in [0.2, 0.25) is 0 Å². The molecule has 2 atom stereocenters. The highest BCUT2D eigenvalue weighted by atomic mass is 15.2. The van der Waals surface area contributed by atoms with Crippen molar-refractivity contribution in [1.82, 2.24) is 4.90 Å². The van der Waals surface area contributed by atoms with E-state index in [2.05, 4.69) is 39.5 Å². The molecule has 1 saturated heterocycles. The molecule has 0 aromatic carbocycles. The Hall–Kier alpha value is -0.0400. The van der Waals surface area contributed by atoms with Crippen LogP contribution in [0.5, 0.6) is 0 Å². The number of likely N-dealkylation sites (tertiary alicyclic amines) is 1. The summed E-state index contributed by atoms with van der Waals surface area (Å²) in [6, 6.07) is 0.843. The summed E-state index contributed by atoms with van der Waals surface area (Å²) in [7, 11) is 0. The van der Waals surface area contributed by atoms with Gasteiger partial charge in [-0.15, -0.1) is 0 Å². The van der Waals surface area contributed by atoms with Gasteiger partial charge in [-0.3, -0.25) is 0 Å². The van der Waals surface area contributed by atoms with Gasteiger partial charge in [0.15, 0.2) is 0 Å². The van der Waals surface area contributed by atoms with Gasteiger partial charge in [0.1, 0.15) is 0 Å². The topological polar surface area (TPSA) is 3.24 Å². The van der Waals surface area contributed by atoms with Crippen LogP contribution in [-0.4, -0.2) is 24.0 Å². The average Bonchev–Trinajstić information content (AvgIpc) is 2.60. The van der Waals surface area contributed by atoms with E-state index in [-0.39, 0.29) is 0 Å². The molecule has 1 fully saturated rings. The fraction of sp³-hybridized carbons (Fsp3) is 1.00. The van der Waals surface area contributed by atoms with Gasteiger partial charge in [-0.05, 0) is 37.3 Å². The van der Waals surface area contributed by atoms with Gasteiger partial charge in [0.25, 0.3) is 0 Å². The van der Waals surface area contributed by atoms with Crippen LogP contribution in [0.3, 0.4) is 0 Å². The van der Waals surface area contributed by atoms with Crippen molar-refractivity contribution in [2.75, 3.05) is 13.1 Å². The second kappa shape index (κ2) is 4.65. The molecule has 1 nitrogen and oxygen atoms in total. The van der Waals surface area contributed by atoms with Crippen molar-refractivity contribution in [3.05, 3.63) is 0 Å². The van der Waals surface area contributed by atoms with E-state index in [9.17, 15) is 0 Å². The average molecular weight is 197 g/mol. The third kappa shape index (κ3) is 2.13. The molecule has 0 spiro atoms. The molecule has 0 saturated carbocycles. The highest BCUT2D eigenvalue weighted by molar-refractivity contribution is 4.92. The molecule has 0 bridgehead atoms. The van der Waals surface area contributed by atoms with Crippen molar-refractivity contribution in [2.24, 2.45) is 11.3 Å². The summed E-state index contributed by atoms with van der Waals surface area (Å²) in [4.78, 5) is 2.67. The maximum Gasteiger partial charge on any atom is 0.0126 e. The summed E-state index contributed by atoms with van der Waals surface area (Å²) in [5.41, 5.74) is 0.532. The molecule has 0 aliphatic carbocycles. The zero-order valence-corrected chi connectivity index (χ0v) is 10.6. The first kappa shape index (κ1) is 12.0. The molecular weight excluding hydrogens is 170 g/mol. The van der Waals surface area contributed by atoms with Crippen molar-refractivity contribution in [3.8, 4) is 0 Å². The Morgan fingerprint density at radius 1 is 1.21 bits per heavy atom. The predicted octanol–water partition coefficient (Wildman–Crippen LogP) is 3.54. The molecule has 1 aliphatic rings. The third-order valence-electron chi connectivity index (χ3n) is 4.40. The van der Waals surface area contributed by atoms with Gasteiger partial charge in [-0.2, -0.15) is 0 Å². The summed E-state index contributed by atoms with van der Waals surface area (Å²) in [6.07, 6.45) is 4.04. The van der Waals surface area contributed by atoms with Crippen LogP contribution in [-0.2, 0) is 0 Å². The highest BCUT2D eigenvalue weighted by Crippen LogP contribution is 2.41. The fourth-order valence-electron chi connectivity index (χ4n) is 3.03. The zero-order chi connectivity index (χ0) is 10.8. The van der Waals surface area contributed by atoms with Crippen LogP contribution in [0.15, 0.2) is 0 Å². The van der Waals surface area contributed by atoms with E-state index in [1.165, 1.54) is 32.4 Å². The standard InChI is InChI=1S/C13H27N/c1-6-12-11(13(4,5)7-2)9-10-14(12)8-3/h11-12H,6-10H2,1-5H3. The summed E-state index contributed by atoms with van der Waals surface area (Å²) >= 11 is 0. The maximum absolute atomic E-state index is 2.67. The third-order valence-corrected chi connectivity index (χ3v) is 4.40. The summed E-state index contributed by atoms with van der Waals surface area (Å²) in [5.74, 6) is 0.914. The molecule has 84 valence electrons. The molecule has 1 heterocycles. The van der Waals surface area contributed by atoms with Crippen LogP contribution in [0, 0.1) is 11.3 Å². The second-order valence-corrected chi connectivity index (χ2v) is 5.34. The van der Waals surface area contributed by atoms with E-state index in [0.717, 1.165) is 12.0 Å². The summed E-state index contributed by atoms with van der Waals surface area (Å²) in [5, 5.41) is 0. The molecule has 0 N–H and O–H groups in total. The Labute approximate surface area is 89.9 Å². The number of hydrogen-bond donors (Lipinski definition) is 0. The predicted molar refractivity (Wildman–Crippen MR) is 63.5 cm³/mol. The van der Waals surface area contributed by atoms with Crippen LogP contribution in [0.25, 0.3) is 0 Å². The van der Waals surface area contributed by atoms with Crippen molar-refractivity contribution in [1.29, 1.82) is 0 Å². The smallest absolute Gasteiger partial charge is 0.0126 e. The van der Waals surface area contributed by atoms with Gasteiger partial charge in [0, 0.05) is 6.04 Å². The molecule has 0 amide bonds.